The minimum atomic E-state index is -0.120. The highest BCUT2D eigenvalue weighted by Crippen LogP contribution is 2.34. The lowest BCUT2D eigenvalue weighted by molar-refractivity contribution is 0.340. The number of aromatic hydroxyl groups is 1. The number of hydrogen-bond donors (Lipinski definition) is 1. The fourth-order valence-corrected chi connectivity index (χ4v) is 1.65. The quantitative estimate of drug-likeness (QED) is 0.715. The molecule has 0 amide bonds. The van der Waals surface area contributed by atoms with Gasteiger partial charge in [0.15, 0.2) is 5.75 Å². The van der Waals surface area contributed by atoms with Gasteiger partial charge in [-0.3, -0.25) is 4.68 Å². The zero-order chi connectivity index (χ0) is 12.0. The van der Waals surface area contributed by atoms with E-state index in [4.69, 9.17) is 0 Å². The van der Waals surface area contributed by atoms with Crippen LogP contribution in [0, 0.1) is 6.92 Å². The third kappa shape index (κ3) is 2.16. The second-order valence-electron chi connectivity index (χ2n) is 6.12. The SMILES string of the molecule is Cc1c(O)c(C(C)(C)C)nn1C(C)(C)C. The van der Waals surface area contributed by atoms with Crippen molar-refractivity contribution in [1.82, 2.24) is 9.78 Å². The molecule has 1 aromatic heterocycles. The molecule has 3 nitrogen and oxygen atoms in total. The van der Waals surface area contributed by atoms with Crippen LogP contribution in [0.3, 0.4) is 0 Å². The van der Waals surface area contributed by atoms with Crippen molar-refractivity contribution in [2.24, 2.45) is 0 Å². The first-order valence-electron chi connectivity index (χ1n) is 5.34. The molecule has 0 aliphatic carbocycles. The van der Waals surface area contributed by atoms with E-state index in [1.807, 2.05) is 11.6 Å². The van der Waals surface area contributed by atoms with Gasteiger partial charge in [-0.05, 0) is 27.7 Å². The minimum absolute atomic E-state index is 0.0922. The van der Waals surface area contributed by atoms with E-state index in [0.717, 1.165) is 11.4 Å². The summed E-state index contributed by atoms with van der Waals surface area (Å²) in [5, 5.41) is 14.6. The summed E-state index contributed by atoms with van der Waals surface area (Å²) in [5.74, 6) is 0.331. The highest BCUT2D eigenvalue weighted by Gasteiger charge is 2.28. The lowest BCUT2D eigenvalue weighted by Crippen LogP contribution is -2.25. The molecule has 15 heavy (non-hydrogen) atoms. The topological polar surface area (TPSA) is 38.1 Å². The summed E-state index contributed by atoms with van der Waals surface area (Å²) < 4.78 is 1.89. The van der Waals surface area contributed by atoms with E-state index in [-0.39, 0.29) is 11.0 Å². The van der Waals surface area contributed by atoms with Gasteiger partial charge in [0.05, 0.1) is 11.2 Å². The standard InChI is InChI=1S/C12H22N2O/c1-8-9(15)10(11(2,3)4)13-14(8)12(5,6)7/h15H,1-7H3. The maximum absolute atomic E-state index is 10.0. The van der Waals surface area contributed by atoms with Crippen molar-refractivity contribution in [2.45, 2.75) is 59.4 Å². The largest absolute Gasteiger partial charge is 0.504 e. The Bertz CT molecular complexity index is 330. The van der Waals surface area contributed by atoms with Gasteiger partial charge in [-0.1, -0.05) is 20.8 Å². The van der Waals surface area contributed by atoms with Crippen LogP contribution in [-0.2, 0) is 11.0 Å². The Morgan fingerprint density at radius 2 is 1.53 bits per heavy atom. The van der Waals surface area contributed by atoms with Gasteiger partial charge in [0.25, 0.3) is 0 Å². The van der Waals surface area contributed by atoms with Gasteiger partial charge in [-0.15, -0.1) is 0 Å². The summed E-state index contributed by atoms with van der Waals surface area (Å²) in [6.45, 7) is 14.3. The Kier molecular flexibility index (Phi) is 2.62. The molecule has 0 spiro atoms. The van der Waals surface area contributed by atoms with Crippen LogP contribution in [-0.4, -0.2) is 14.9 Å². The lowest BCUT2D eigenvalue weighted by atomic mass is 9.91. The summed E-state index contributed by atoms with van der Waals surface area (Å²) in [5.41, 5.74) is 1.40. The molecular weight excluding hydrogens is 188 g/mol. The molecule has 0 saturated carbocycles. The number of hydrogen-bond acceptors (Lipinski definition) is 2. The maximum atomic E-state index is 10.0. The molecule has 0 atom stereocenters. The van der Waals surface area contributed by atoms with Gasteiger partial charge in [-0.2, -0.15) is 5.10 Å². The molecule has 0 unspecified atom stereocenters. The van der Waals surface area contributed by atoms with Crippen molar-refractivity contribution >= 4 is 0 Å². The highest BCUT2D eigenvalue weighted by molar-refractivity contribution is 5.36. The van der Waals surface area contributed by atoms with Gasteiger partial charge in [0.1, 0.15) is 5.69 Å². The zero-order valence-electron chi connectivity index (χ0n) is 10.8. The fourth-order valence-electron chi connectivity index (χ4n) is 1.65. The molecule has 0 radical (unpaired) electrons. The lowest BCUT2D eigenvalue weighted by Gasteiger charge is -2.21. The summed E-state index contributed by atoms with van der Waals surface area (Å²) >= 11 is 0. The van der Waals surface area contributed by atoms with Crippen LogP contribution in [0.25, 0.3) is 0 Å². The Morgan fingerprint density at radius 1 is 1.07 bits per heavy atom. The molecule has 0 bridgehead atoms. The summed E-state index contributed by atoms with van der Waals surface area (Å²) in [6.07, 6.45) is 0. The predicted octanol–water partition coefficient (Wildman–Crippen LogP) is 2.95. The molecule has 0 saturated heterocycles. The van der Waals surface area contributed by atoms with E-state index < -0.39 is 0 Å². The average Bonchev–Trinajstić information content (AvgIpc) is 2.26. The number of nitrogens with zero attached hydrogens (tertiary/aromatic N) is 2. The zero-order valence-corrected chi connectivity index (χ0v) is 10.8. The van der Waals surface area contributed by atoms with Crippen molar-refractivity contribution < 1.29 is 5.11 Å². The van der Waals surface area contributed by atoms with Crippen LogP contribution >= 0.6 is 0 Å². The molecule has 86 valence electrons. The molecule has 0 aliphatic heterocycles. The first-order valence-corrected chi connectivity index (χ1v) is 5.34. The fraction of sp³-hybridized carbons (Fsp3) is 0.750. The van der Waals surface area contributed by atoms with E-state index in [0.29, 0.717) is 5.75 Å². The van der Waals surface area contributed by atoms with Crippen molar-refractivity contribution in [3.8, 4) is 5.75 Å². The normalized spacial score (nSPS) is 13.3. The van der Waals surface area contributed by atoms with Crippen LogP contribution in [0.5, 0.6) is 5.75 Å². The summed E-state index contributed by atoms with van der Waals surface area (Å²) in [7, 11) is 0. The Labute approximate surface area is 92.1 Å². The average molecular weight is 210 g/mol. The minimum Gasteiger partial charge on any atom is -0.504 e. The van der Waals surface area contributed by atoms with Crippen LogP contribution in [0.4, 0.5) is 0 Å². The number of rotatable bonds is 0. The second kappa shape index (κ2) is 3.26. The molecule has 0 fully saturated rings. The molecule has 1 heterocycles. The molecule has 1 aromatic rings. The molecule has 0 aromatic carbocycles. The third-order valence-electron chi connectivity index (χ3n) is 2.43. The van der Waals surface area contributed by atoms with Gasteiger partial charge in [0, 0.05) is 5.41 Å². The van der Waals surface area contributed by atoms with Gasteiger partial charge >= 0.3 is 0 Å². The van der Waals surface area contributed by atoms with Crippen LogP contribution in [0.1, 0.15) is 52.9 Å². The van der Waals surface area contributed by atoms with Gasteiger partial charge in [-0.25, -0.2) is 0 Å². The molecule has 3 heteroatoms. The highest BCUT2D eigenvalue weighted by atomic mass is 16.3. The van der Waals surface area contributed by atoms with E-state index in [9.17, 15) is 5.11 Å². The predicted molar refractivity (Wildman–Crippen MR) is 62.3 cm³/mol. The van der Waals surface area contributed by atoms with E-state index in [2.05, 4.69) is 46.6 Å². The maximum Gasteiger partial charge on any atom is 0.160 e. The van der Waals surface area contributed by atoms with Gasteiger partial charge < -0.3 is 5.11 Å². The first-order chi connectivity index (χ1) is 6.55. The van der Waals surface area contributed by atoms with E-state index >= 15 is 0 Å². The second-order valence-corrected chi connectivity index (χ2v) is 6.12. The molecule has 1 N–H and O–H groups in total. The van der Waals surface area contributed by atoms with Crippen molar-refractivity contribution in [1.29, 1.82) is 0 Å². The first kappa shape index (κ1) is 12.1. The number of aromatic nitrogens is 2. The Morgan fingerprint density at radius 3 is 1.73 bits per heavy atom. The van der Waals surface area contributed by atoms with Crippen LogP contribution in [0.2, 0.25) is 0 Å². The summed E-state index contributed by atoms with van der Waals surface area (Å²) in [4.78, 5) is 0. The van der Waals surface area contributed by atoms with E-state index in [1.54, 1.807) is 0 Å². The monoisotopic (exact) mass is 210 g/mol. The molecule has 0 aliphatic rings. The summed E-state index contributed by atoms with van der Waals surface area (Å²) in [6, 6.07) is 0. The van der Waals surface area contributed by atoms with E-state index in [1.165, 1.54) is 0 Å². The third-order valence-corrected chi connectivity index (χ3v) is 2.43. The molecule has 1 rings (SSSR count). The van der Waals surface area contributed by atoms with Crippen molar-refractivity contribution in [2.75, 3.05) is 0 Å². The van der Waals surface area contributed by atoms with Gasteiger partial charge in [0.2, 0.25) is 0 Å². The van der Waals surface area contributed by atoms with Crippen molar-refractivity contribution in [3.05, 3.63) is 11.4 Å². The Hall–Kier alpha value is -0.990. The smallest absolute Gasteiger partial charge is 0.160 e. The van der Waals surface area contributed by atoms with Crippen molar-refractivity contribution in [3.63, 3.8) is 0 Å². The van der Waals surface area contributed by atoms with Crippen LogP contribution < -0.4 is 0 Å². The molecular formula is C12H22N2O. The van der Waals surface area contributed by atoms with Crippen LogP contribution in [0.15, 0.2) is 0 Å². The Balaban J connectivity index is 3.38.